The maximum Gasteiger partial charge on any atom is 0.108 e. The van der Waals surface area contributed by atoms with Crippen LogP contribution in [0.4, 0.5) is 0 Å². The number of furan rings is 1. The maximum atomic E-state index is 5.67. The highest BCUT2D eigenvalue weighted by molar-refractivity contribution is 5.22. The van der Waals surface area contributed by atoms with Crippen molar-refractivity contribution in [3.05, 3.63) is 23.7 Å². The molecule has 1 aromatic rings. The fourth-order valence-corrected chi connectivity index (χ4v) is 3.64. The molecule has 4 unspecified atom stereocenters. The number of hydrogen-bond acceptors (Lipinski definition) is 2. The molecular weight excluding hydrogens is 246 g/mol. The lowest BCUT2D eigenvalue weighted by atomic mass is 9.72. The average Bonchev–Trinajstić information content (AvgIpc) is 2.91. The van der Waals surface area contributed by atoms with Crippen LogP contribution in [0.15, 0.2) is 16.7 Å². The van der Waals surface area contributed by atoms with E-state index in [2.05, 4.69) is 39.1 Å². The van der Waals surface area contributed by atoms with Gasteiger partial charge in [0.2, 0.25) is 0 Å². The van der Waals surface area contributed by atoms with Gasteiger partial charge < -0.3 is 9.73 Å². The molecule has 0 spiro atoms. The lowest BCUT2D eigenvalue weighted by molar-refractivity contribution is 0.170. The van der Waals surface area contributed by atoms with E-state index in [1.807, 2.05) is 6.26 Å². The Kier molecular flexibility index (Phi) is 5.71. The monoisotopic (exact) mass is 277 g/mol. The van der Waals surface area contributed by atoms with E-state index < -0.39 is 0 Å². The molecule has 2 nitrogen and oxygen atoms in total. The third-order valence-electron chi connectivity index (χ3n) is 5.16. The Hall–Kier alpha value is -0.760. The van der Waals surface area contributed by atoms with Crippen molar-refractivity contribution in [1.29, 1.82) is 0 Å². The SMILES string of the molecule is CCCNC(c1ccoc1CC)C1CCC(C)C(C)C1. The Labute approximate surface area is 124 Å². The van der Waals surface area contributed by atoms with Gasteiger partial charge in [-0.05, 0) is 49.6 Å². The van der Waals surface area contributed by atoms with Crippen LogP contribution in [0.2, 0.25) is 0 Å². The van der Waals surface area contributed by atoms with Crippen molar-refractivity contribution in [1.82, 2.24) is 5.32 Å². The van der Waals surface area contributed by atoms with Crippen LogP contribution < -0.4 is 5.32 Å². The lowest BCUT2D eigenvalue weighted by Crippen LogP contribution is -2.34. The second-order valence-electron chi connectivity index (χ2n) is 6.61. The largest absolute Gasteiger partial charge is 0.469 e. The first-order chi connectivity index (χ1) is 9.67. The number of rotatable bonds is 6. The summed E-state index contributed by atoms with van der Waals surface area (Å²) in [5.41, 5.74) is 1.41. The molecule has 0 radical (unpaired) electrons. The summed E-state index contributed by atoms with van der Waals surface area (Å²) in [4.78, 5) is 0. The van der Waals surface area contributed by atoms with Crippen LogP contribution >= 0.6 is 0 Å². The summed E-state index contributed by atoms with van der Waals surface area (Å²) in [7, 11) is 0. The number of hydrogen-bond donors (Lipinski definition) is 1. The second kappa shape index (κ2) is 7.31. The third kappa shape index (κ3) is 3.46. The Bertz CT molecular complexity index is 398. The molecule has 0 aliphatic heterocycles. The topological polar surface area (TPSA) is 25.2 Å². The zero-order valence-electron chi connectivity index (χ0n) is 13.6. The van der Waals surface area contributed by atoms with Crippen molar-refractivity contribution in [3.8, 4) is 0 Å². The molecule has 2 heteroatoms. The van der Waals surface area contributed by atoms with Gasteiger partial charge in [0.1, 0.15) is 5.76 Å². The molecule has 1 aromatic heterocycles. The van der Waals surface area contributed by atoms with Crippen LogP contribution in [-0.2, 0) is 6.42 Å². The smallest absolute Gasteiger partial charge is 0.108 e. The van der Waals surface area contributed by atoms with Gasteiger partial charge in [0.05, 0.1) is 6.26 Å². The molecule has 0 saturated heterocycles. The first-order valence-corrected chi connectivity index (χ1v) is 8.46. The molecule has 0 bridgehead atoms. The van der Waals surface area contributed by atoms with Crippen LogP contribution in [0.1, 0.15) is 70.7 Å². The number of aryl methyl sites for hydroxylation is 1. The Morgan fingerprint density at radius 2 is 2.05 bits per heavy atom. The summed E-state index contributed by atoms with van der Waals surface area (Å²) < 4.78 is 5.67. The van der Waals surface area contributed by atoms with E-state index in [0.29, 0.717) is 6.04 Å². The van der Waals surface area contributed by atoms with Gasteiger partial charge >= 0.3 is 0 Å². The summed E-state index contributed by atoms with van der Waals surface area (Å²) in [5, 5.41) is 3.79. The van der Waals surface area contributed by atoms with E-state index in [9.17, 15) is 0 Å². The summed E-state index contributed by atoms with van der Waals surface area (Å²) in [5.74, 6) is 3.66. The van der Waals surface area contributed by atoms with Crippen molar-refractivity contribution in [2.45, 2.75) is 65.8 Å². The van der Waals surface area contributed by atoms with Crippen molar-refractivity contribution < 1.29 is 4.42 Å². The van der Waals surface area contributed by atoms with E-state index in [-0.39, 0.29) is 0 Å². The highest BCUT2D eigenvalue weighted by Crippen LogP contribution is 2.40. The van der Waals surface area contributed by atoms with Crippen molar-refractivity contribution >= 4 is 0 Å². The molecule has 4 atom stereocenters. The highest BCUT2D eigenvalue weighted by Gasteiger charge is 2.32. The molecule has 0 aromatic carbocycles. The Balaban J connectivity index is 2.15. The standard InChI is InChI=1S/C18H31NO/c1-5-10-19-18(16-9-11-20-17(16)6-2)15-8-7-13(3)14(4)12-15/h9,11,13-15,18-19H,5-8,10,12H2,1-4H3. The van der Waals surface area contributed by atoms with Crippen molar-refractivity contribution in [2.24, 2.45) is 17.8 Å². The van der Waals surface area contributed by atoms with Gasteiger partial charge in [0, 0.05) is 18.0 Å². The van der Waals surface area contributed by atoms with Gasteiger partial charge in [-0.3, -0.25) is 0 Å². The first kappa shape index (κ1) is 15.6. The minimum atomic E-state index is 0.485. The van der Waals surface area contributed by atoms with E-state index in [4.69, 9.17) is 4.42 Å². The maximum absolute atomic E-state index is 5.67. The van der Waals surface area contributed by atoms with Gasteiger partial charge in [-0.25, -0.2) is 0 Å². The summed E-state index contributed by atoms with van der Waals surface area (Å²) in [6.07, 6.45) is 8.11. The van der Waals surface area contributed by atoms with E-state index in [0.717, 1.165) is 30.7 Å². The van der Waals surface area contributed by atoms with Crippen LogP contribution in [0.25, 0.3) is 0 Å². The third-order valence-corrected chi connectivity index (χ3v) is 5.16. The molecule has 20 heavy (non-hydrogen) atoms. The van der Waals surface area contributed by atoms with Gasteiger partial charge in [0.25, 0.3) is 0 Å². The van der Waals surface area contributed by atoms with Crippen LogP contribution in [-0.4, -0.2) is 6.54 Å². The summed E-state index contributed by atoms with van der Waals surface area (Å²) in [6, 6.07) is 2.67. The van der Waals surface area contributed by atoms with E-state index in [1.165, 1.54) is 37.0 Å². The van der Waals surface area contributed by atoms with Crippen LogP contribution in [0.3, 0.4) is 0 Å². The van der Waals surface area contributed by atoms with Crippen molar-refractivity contribution in [3.63, 3.8) is 0 Å². The quantitative estimate of drug-likeness (QED) is 0.795. The van der Waals surface area contributed by atoms with Gasteiger partial charge in [-0.1, -0.05) is 34.1 Å². The zero-order valence-corrected chi connectivity index (χ0v) is 13.6. The second-order valence-corrected chi connectivity index (χ2v) is 6.61. The average molecular weight is 277 g/mol. The van der Waals surface area contributed by atoms with Crippen LogP contribution in [0, 0.1) is 17.8 Å². The Morgan fingerprint density at radius 3 is 2.70 bits per heavy atom. The highest BCUT2D eigenvalue weighted by atomic mass is 16.3. The normalized spacial score (nSPS) is 28.5. The molecule has 0 amide bonds. The minimum Gasteiger partial charge on any atom is -0.469 e. The fourth-order valence-electron chi connectivity index (χ4n) is 3.64. The first-order valence-electron chi connectivity index (χ1n) is 8.46. The zero-order chi connectivity index (χ0) is 14.5. The lowest BCUT2D eigenvalue weighted by Gasteiger charge is -2.37. The minimum absolute atomic E-state index is 0.485. The molecule has 1 aliphatic rings. The molecule has 1 saturated carbocycles. The number of nitrogens with one attached hydrogen (secondary N) is 1. The molecule has 114 valence electrons. The van der Waals surface area contributed by atoms with Crippen molar-refractivity contribution in [2.75, 3.05) is 6.54 Å². The molecular formula is C18H31NO. The molecule has 1 aliphatic carbocycles. The predicted molar refractivity (Wildman–Crippen MR) is 84.8 cm³/mol. The van der Waals surface area contributed by atoms with Gasteiger partial charge in [-0.2, -0.15) is 0 Å². The van der Waals surface area contributed by atoms with E-state index >= 15 is 0 Å². The summed E-state index contributed by atoms with van der Waals surface area (Å²) >= 11 is 0. The van der Waals surface area contributed by atoms with Crippen LogP contribution in [0.5, 0.6) is 0 Å². The molecule has 1 fully saturated rings. The molecule has 2 rings (SSSR count). The molecule has 1 N–H and O–H groups in total. The molecule has 1 heterocycles. The Morgan fingerprint density at radius 1 is 1.25 bits per heavy atom. The van der Waals surface area contributed by atoms with Gasteiger partial charge in [0.15, 0.2) is 0 Å². The summed E-state index contributed by atoms with van der Waals surface area (Å²) in [6.45, 7) is 10.4. The van der Waals surface area contributed by atoms with Gasteiger partial charge in [-0.15, -0.1) is 0 Å². The fraction of sp³-hybridized carbons (Fsp3) is 0.778. The van der Waals surface area contributed by atoms with E-state index in [1.54, 1.807) is 0 Å². The predicted octanol–water partition coefficient (Wildman–Crippen LogP) is 4.96.